The van der Waals surface area contributed by atoms with E-state index < -0.39 is 6.61 Å². The molecule has 0 aliphatic carbocycles. The average Bonchev–Trinajstić information content (AvgIpc) is 2.49. The summed E-state index contributed by atoms with van der Waals surface area (Å²) in [5, 5.41) is 3.71. The lowest BCUT2D eigenvalue weighted by atomic mass is 10.0. The van der Waals surface area contributed by atoms with E-state index in [-0.39, 0.29) is 11.8 Å². The highest BCUT2D eigenvalue weighted by Crippen LogP contribution is 2.28. The van der Waals surface area contributed by atoms with E-state index in [0.717, 1.165) is 12.0 Å². The molecule has 118 valence electrons. The van der Waals surface area contributed by atoms with E-state index >= 15 is 0 Å². The number of hydrogen-bond donors (Lipinski definition) is 1. The largest absolute Gasteiger partial charge is 0.435 e. The van der Waals surface area contributed by atoms with Gasteiger partial charge in [-0.1, -0.05) is 30.7 Å². The van der Waals surface area contributed by atoms with Crippen LogP contribution in [0.4, 0.5) is 14.6 Å². The molecule has 0 saturated carbocycles. The van der Waals surface area contributed by atoms with E-state index in [2.05, 4.69) is 20.0 Å². The summed E-state index contributed by atoms with van der Waals surface area (Å²) in [6.45, 7) is 0.976. The molecule has 1 atom stereocenters. The van der Waals surface area contributed by atoms with E-state index in [1.165, 1.54) is 18.5 Å². The minimum atomic E-state index is -2.83. The molecule has 2 aromatic rings. The van der Waals surface area contributed by atoms with Crippen LogP contribution < -0.4 is 10.1 Å². The molecule has 1 aromatic carbocycles. The van der Waals surface area contributed by atoms with Gasteiger partial charge in [-0.2, -0.15) is 8.78 Å². The van der Waals surface area contributed by atoms with E-state index in [4.69, 9.17) is 11.6 Å². The van der Waals surface area contributed by atoms with Gasteiger partial charge < -0.3 is 10.1 Å². The standard InChI is InChI=1S/C15H16ClF2N3O/c1-3-12(21-14-13(16)9(2)19-8-20-14)10-4-6-11(7-5-10)22-15(17)18/h4-8,12,15H,3H2,1-2H3,(H,19,20,21). The highest BCUT2D eigenvalue weighted by Gasteiger charge is 2.14. The minimum Gasteiger partial charge on any atom is -0.435 e. The second kappa shape index (κ2) is 7.35. The molecule has 1 unspecified atom stereocenters. The van der Waals surface area contributed by atoms with Gasteiger partial charge in [0, 0.05) is 0 Å². The fourth-order valence-electron chi connectivity index (χ4n) is 2.03. The second-order valence-electron chi connectivity index (χ2n) is 4.67. The third-order valence-corrected chi connectivity index (χ3v) is 3.64. The van der Waals surface area contributed by atoms with E-state index in [0.29, 0.717) is 16.5 Å². The molecule has 2 rings (SSSR count). The van der Waals surface area contributed by atoms with Crippen LogP contribution in [0.5, 0.6) is 5.75 Å². The maximum Gasteiger partial charge on any atom is 0.387 e. The predicted molar refractivity (Wildman–Crippen MR) is 81.5 cm³/mol. The number of benzene rings is 1. The molecule has 0 fully saturated rings. The summed E-state index contributed by atoms with van der Waals surface area (Å²) >= 11 is 6.17. The number of aryl methyl sites for hydroxylation is 1. The fraction of sp³-hybridized carbons (Fsp3) is 0.333. The first kappa shape index (κ1) is 16.4. The summed E-state index contributed by atoms with van der Waals surface area (Å²) in [5.74, 6) is 0.679. The first-order chi connectivity index (χ1) is 10.5. The molecule has 7 heteroatoms. The zero-order valence-electron chi connectivity index (χ0n) is 12.2. The molecule has 0 radical (unpaired) electrons. The number of alkyl halides is 2. The van der Waals surface area contributed by atoms with Gasteiger partial charge in [0.15, 0.2) is 0 Å². The lowest BCUT2D eigenvalue weighted by molar-refractivity contribution is -0.0498. The molecular formula is C15H16ClF2N3O. The second-order valence-corrected chi connectivity index (χ2v) is 5.05. The lowest BCUT2D eigenvalue weighted by Crippen LogP contribution is -2.12. The van der Waals surface area contributed by atoms with Crippen molar-refractivity contribution in [2.45, 2.75) is 32.9 Å². The Kier molecular flexibility index (Phi) is 5.49. The Morgan fingerprint density at radius 1 is 1.23 bits per heavy atom. The van der Waals surface area contributed by atoms with Crippen molar-refractivity contribution in [1.82, 2.24) is 9.97 Å². The normalized spacial score (nSPS) is 12.3. The zero-order valence-corrected chi connectivity index (χ0v) is 12.9. The van der Waals surface area contributed by atoms with Crippen LogP contribution in [0.2, 0.25) is 5.02 Å². The first-order valence-corrected chi connectivity index (χ1v) is 7.17. The molecule has 1 aromatic heterocycles. The van der Waals surface area contributed by atoms with Crippen LogP contribution in [-0.4, -0.2) is 16.6 Å². The Bertz CT molecular complexity index is 623. The summed E-state index contributed by atoms with van der Waals surface area (Å²) < 4.78 is 28.6. The van der Waals surface area contributed by atoms with Crippen LogP contribution in [0.3, 0.4) is 0 Å². The van der Waals surface area contributed by atoms with Crippen LogP contribution in [0, 0.1) is 6.92 Å². The third-order valence-electron chi connectivity index (χ3n) is 3.19. The Balaban J connectivity index is 2.16. The zero-order chi connectivity index (χ0) is 16.1. The van der Waals surface area contributed by atoms with E-state index in [1.54, 1.807) is 19.1 Å². The van der Waals surface area contributed by atoms with Gasteiger partial charge in [-0.25, -0.2) is 9.97 Å². The molecule has 22 heavy (non-hydrogen) atoms. The van der Waals surface area contributed by atoms with Gasteiger partial charge in [-0.3, -0.25) is 0 Å². The molecule has 0 amide bonds. The number of nitrogens with one attached hydrogen (secondary N) is 1. The van der Waals surface area contributed by atoms with Gasteiger partial charge in [0.25, 0.3) is 0 Å². The summed E-state index contributed by atoms with van der Waals surface area (Å²) in [7, 11) is 0. The lowest BCUT2D eigenvalue weighted by Gasteiger charge is -2.19. The number of aromatic nitrogens is 2. The molecule has 0 aliphatic heterocycles. The van der Waals surface area contributed by atoms with Crippen molar-refractivity contribution in [3.8, 4) is 5.75 Å². The third kappa shape index (κ3) is 4.04. The topological polar surface area (TPSA) is 47.0 Å². The molecule has 1 heterocycles. The Labute approximate surface area is 132 Å². The summed E-state index contributed by atoms with van der Waals surface area (Å²) in [5.41, 5.74) is 1.62. The Morgan fingerprint density at radius 2 is 1.91 bits per heavy atom. The SMILES string of the molecule is CCC(Nc1ncnc(C)c1Cl)c1ccc(OC(F)F)cc1. The van der Waals surface area contributed by atoms with Crippen molar-refractivity contribution in [3.05, 3.63) is 46.9 Å². The Hall–Kier alpha value is -1.95. The fourth-order valence-corrected chi connectivity index (χ4v) is 2.18. The molecule has 0 bridgehead atoms. The predicted octanol–water partition coefficient (Wildman–Crippen LogP) is 4.60. The van der Waals surface area contributed by atoms with Crippen LogP contribution in [0.15, 0.2) is 30.6 Å². The number of ether oxygens (including phenoxy) is 1. The molecule has 4 nitrogen and oxygen atoms in total. The van der Waals surface area contributed by atoms with Crippen molar-refractivity contribution in [3.63, 3.8) is 0 Å². The van der Waals surface area contributed by atoms with Crippen LogP contribution in [0.25, 0.3) is 0 Å². The summed E-state index contributed by atoms with van der Waals surface area (Å²) in [4.78, 5) is 8.15. The smallest absolute Gasteiger partial charge is 0.387 e. The number of rotatable bonds is 6. The van der Waals surface area contributed by atoms with Crippen LogP contribution in [-0.2, 0) is 0 Å². The van der Waals surface area contributed by atoms with Crippen LogP contribution >= 0.6 is 11.6 Å². The maximum absolute atomic E-state index is 12.2. The Morgan fingerprint density at radius 3 is 2.50 bits per heavy atom. The summed E-state index contributed by atoms with van der Waals surface area (Å²) in [6.07, 6.45) is 2.21. The van der Waals surface area contributed by atoms with E-state index in [1.807, 2.05) is 6.92 Å². The molecule has 0 saturated heterocycles. The van der Waals surface area contributed by atoms with E-state index in [9.17, 15) is 8.78 Å². The molecule has 0 aliphatic rings. The van der Waals surface area contributed by atoms with Gasteiger partial charge in [0.05, 0.1) is 11.7 Å². The number of halogens is 3. The highest BCUT2D eigenvalue weighted by atomic mass is 35.5. The monoisotopic (exact) mass is 327 g/mol. The van der Waals surface area contributed by atoms with Gasteiger partial charge in [-0.15, -0.1) is 0 Å². The number of anilines is 1. The maximum atomic E-state index is 12.2. The van der Waals surface area contributed by atoms with Gasteiger partial charge in [0.1, 0.15) is 22.9 Å². The first-order valence-electron chi connectivity index (χ1n) is 6.79. The quantitative estimate of drug-likeness (QED) is 0.842. The van der Waals surface area contributed by atoms with Crippen molar-refractivity contribution in [1.29, 1.82) is 0 Å². The minimum absolute atomic E-state index is 0.0487. The average molecular weight is 328 g/mol. The highest BCUT2D eigenvalue weighted by molar-refractivity contribution is 6.33. The van der Waals surface area contributed by atoms with Crippen molar-refractivity contribution < 1.29 is 13.5 Å². The molecule has 1 N–H and O–H groups in total. The van der Waals surface area contributed by atoms with Crippen LogP contribution in [0.1, 0.15) is 30.6 Å². The van der Waals surface area contributed by atoms with Gasteiger partial charge in [0.2, 0.25) is 0 Å². The number of hydrogen-bond acceptors (Lipinski definition) is 4. The van der Waals surface area contributed by atoms with Crippen molar-refractivity contribution in [2.75, 3.05) is 5.32 Å². The molecule has 0 spiro atoms. The van der Waals surface area contributed by atoms with Crippen molar-refractivity contribution in [2.24, 2.45) is 0 Å². The molecular weight excluding hydrogens is 312 g/mol. The summed E-state index contributed by atoms with van der Waals surface area (Å²) in [6, 6.07) is 6.45. The van der Waals surface area contributed by atoms with Crippen molar-refractivity contribution >= 4 is 17.4 Å². The van der Waals surface area contributed by atoms with Gasteiger partial charge in [-0.05, 0) is 31.0 Å². The number of nitrogens with zero attached hydrogens (tertiary/aromatic N) is 2. The van der Waals surface area contributed by atoms with Gasteiger partial charge >= 0.3 is 6.61 Å².